The number of nitrogens with one attached hydrogen (secondary N) is 1. The SMILES string of the molecule is CN1CCNc2nc(CCOc3ccc(C4CC4CC(=O)O)cc3)ccc21.Cl.Cl. The van der Waals surface area contributed by atoms with E-state index in [2.05, 4.69) is 41.5 Å². The van der Waals surface area contributed by atoms with Crippen LogP contribution in [0.2, 0.25) is 0 Å². The quantitative estimate of drug-likeness (QED) is 0.679. The highest BCUT2D eigenvalue weighted by atomic mass is 35.5. The Labute approximate surface area is 183 Å². The molecule has 6 nitrogen and oxygen atoms in total. The fourth-order valence-electron chi connectivity index (χ4n) is 3.72. The first-order valence-corrected chi connectivity index (χ1v) is 9.49. The number of halogens is 2. The summed E-state index contributed by atoms with van der Waals surface area (Å²) in [4.78, 5) is 17.7. The van der Waals surface area contributed by atoms with Gasteiger partial charge in [-0.15, -0.1) is 24.8 Å². The van der Waals surface area contributed by atoms with Crippen LogP contribution >= 0.6 is 24.8 Å². The molecule has 1 aliphatic carbocycles. The van der Waals surface area contributed by atoms with Crippen LogP contribution in [0.1, 0.15) is 30.0 Å². The Morgan fingerprint density at radius 3 is 2.72 bits per heavy atom. The molecule has 8 heteroatoms. The number of hydrogen-bond donors (Lipinski definition) is 2. The molecule has 2 aliphatic rings. The summed E-state index contributed by atoms with van der Waals surface area (Å²) >= 11 is 0. The van der Waals surface area contributed by atoms with Gasteiger partial charge in [0.1, 0.15) is 11.6 Å². The molecule has 158 valence electrons. The summed E-state index contributed by atoms with van der Waals surface area (Å²) in [6.45, 7) is 2.48. The highest BCUT2D eigenvalue weighted by Crippen LogP contribution is 2.49. The summed E-state index contributed by atoms with van der Waals surface area (Å²) in [5.41, 5.74) is 3.37. The van der Waals surface area contributed by atoms with Crippen molar-refractivity contribution in [2.45, 2.75) is 25.2 Å². The first-order chi connectivity index (χ1) is 13.1. The largest absolute Gasteiger partial charge is 0.493 e. The number of rotatable bonds is 7. The van der Waals surface area contributed by atoms with Crippen LogP contribution in [0.3, 0.4) is 0 Å². The maximum atomic E-state index is 10.8. The number of fused-ring (bicyclic) bond motifs is 1. The fraction of sp³-hybridized carbons (Fsp3) is 0.429. The van der Waals surface area contributed by atoms with Gasteiger partial charge >= 0.3 is 5.97 Å². The third kappa shape index (κ3) is 5.67. The van der Waals surface area contributed by atoms with Gasteiger partial charge in [-0.3, -0.25) is 4.79 Å². The molecule has 1 aromatic carbocycles. The number of nitrogens with zero attached hydrogens (tertiary/aromatic N) is 2. The van der Waals surface area contributed by atoms with Crippen molar-refractivity contribution in [1.29, 1.82) is 0 Å². The van der Waals surface area contributed by atoms with E-state index in [1.54, 1.807) is 0 Å². The number of hydrogen-bond acceptors (Lipinski definition) is 5. The van der Waals surface area contributed by atoms with Crippen molar-refractivity contribution in [3.8, 4) is 5.75 Å². The zero-order valence-corrected chi connectivity index (χ0v) is 18.0. The van der Waals surface area contributed by atoms with E-state index in [1.165, 1.54) is 5.56 Å². The van der Waals surface area contributed by atoms with Gasteiger partial charge in [0.15, 0.2) is 0 Å². The predicted molar refractivity (Wildman–Crippen MR) is 119 cm³/mol. The molecule has 0 spiro atoms. The standard InChI is InChI=1S/C21H25N3O3.2ClH/c1-24-10-9-22-21-19(24)7-4-16(23-21)8-11-27-17-5-2-14(3-6-17)18-12-15(18)13-20(25)26;;/h2-7,15,18H,8-13H2,1H3,(H,22,23)(H,25,26);2*1H. The zero-order valence-electron chi connectivity index (χ0n) is 16.3. The second kappa shape index (κ2) is 10.0. The maximum absolute atomic E-state index is 10.8. The molecule has 0 amide bonds. The van der Waals surface area contributed by atoms with E-state index in [-0.39, 0.29) is 37.2 Å². The lowest BCUT2D eigenvalue weighted by Gasteiger charge is -2.27. The molecule has 29 heavy (non-hydrogen) atoms. The minimum atomic E-state index is -0.708. The summed E-state index contributed by atoms with van der Waals surface area (Å²) < 4.78 is 5.86. The van der Waals surface area contributed by atoms with Crippen molar-refractivity contribution in [3.05, 3.63) is 47.7 Å². The lowest BCUT2D eigenvalue weighted by Crippen LogP contribution is -2.31. The molecule has 2 atom stereocenters. The highest BCUT2D eigenvalue weighted by molar-refractivity contribution is 5.85. The normalized spacial score (nSPS) is 19.1. The van der Waals surface area contributed by atoms with Gasteiger partial charge in [-0.1, -0.05) is 12.1 Å². The second-order valence-electron chi connectivity index (χ2n) is 7.39. The third-order valence-corrected chi connectivity index (χ3v) is 5.38. The molecule has 1 saturated carbocycles. The van der Waals surface area contributed by atoms with Crippen LogP contribution in [-0.2, 0) is 11.2 Å². The van der Waals surface area contributed by atoms with E-state index in [1.807, 2.05) is 12.1 Å². The molecule has 0 bridgehead atoms. The van der Waals surface area contributed by atoms with Gasteiger partial charge < -0.3 is 20.1 Å². The van der Waals surface area contributed by atoms with Gasteiger partial charge in [-0.25, -0.2) is 4.98 Å². The predicted octanol–water partition coefficient (Wildman–Crippen LogP) is 3.99. The van der Waals surface area contributed by atoms with Crippen molar-refractivity contribution in [2.75, 3.05) is 37.0 Å². The molecule has 2 N–H and O–H groups in total. The first-order valence-electron chi connectivity index (χ1n) is 9.49. The topological polar surface area (TPSA) is 74.7 Å². The molecule has 1 aromatic heterocycles. The van der Waals surface area contributed by atoms with Crippen molar-refractivity contribution in [3.63, 3.8) is 0 Å². The van der Waals surface area contributed by atoms with Crippen molar-refractivity contribution < 1.29 is 14.6 Å². The number of carboxylic acids is 1. The summed E-state index contributed by atoms with van der Waals surface area (Å²) in [5, 5.41) is 12.2. The Kier molecular flexibility index (Phi) is 7.99. The summed E-state index contributed by atoms with van der Waals surface area (Å²) in [7, 11) is 2.08. The van der Waals surface area contributed by atoms with Gasteiger partial charge in [0.2, 0.25) is 0 Å². The maximum Gasteiger partial charge on any atom is 0.303 e. The Balaban J connectivity index is 0.00000150. The Morgan fingerprint density at radius 2 is 2.00 bits per heavy atom. The van der Waals surface area contributed by atoms with Crippen molar-refractivity contribution >= 4 is 42.3 Å². The van der Waals surface area contributed by atoms with E-state index >= 15 is 0 Å². The van der Waals surface area contributed by atoms with Crippen LogP contribution in [-0.4, -0.2) is 42.8 Å². The molecular weight excluding hydrogens is 413 g/mol. The molecule has 4 rings (SSSR count). The number of likely N-dealkylation sites (N-methyl/N-ethyl adjacent to an activating group) is 1. The van der Waals surface area contributed by atoms with Gasteiger partial charge in [0, 0.05) is 38.7 Å². The summed E-state index contributed by atoms with van der Waals surface area (Å²) in [5.74, 6) is 1.76. The average Bonchev–Trinajstić information content (AvgIpc) is 3.41. The molecule has 1 fully saturated rings. The lowest BCUT2D eigenvalue weighted by atomic mass is 10.1. The van der Waals surface area contributed by atoms with Crippen LogP contribution in [0.5, 0.6) is 5.75 Å². The molecule has 1 aliphatic heterocycles. The van der Waals surface area contributed by atoms with Crippen LogP contribution in [0.4, 0.5) is 11.5 Å². The smallest absolute Gasteiger partial charge is 0.303 e. The molecule has 2 heterocycles. The number of ether oxygens (including phenoxy) is 1. The minimum absolute atomic E-state index is 0. The van der Waals surface area contributed by atoms with Gasteiger partial charge in [0.05, 0.1) is 12.3 Å². The van der Waals surface area contributed by atoms with Crippen LogP contribution in [0.25, 0.3) is 0 Å². The van der Waals surface area contributed by atoms with E-state index in [0.717, 1.165) is 48.9 Å². The number of pyridine rings is 1. The number of anilines is 2. The zero-order chi connectivity index (χ0) is 18.8. The van der Waals surface area contributed by atoms with E-state index < -0.39 is 5.97 Å². The Bertz CT molecular complexity index is 832. The number of carbonyl (C=O) groups is 1. The third-order valence-electron chi connectivity index (χ3n) is 5.38. The minimum Gasteiger partial charge on any atom is -0.493 e. The van der Waals surface area contributed by atoms with Gasteiger partial charge in [-0.2, -0.15) is 0 Å². The van der Waals surface area contributed by atoms with E-state index in [4.69, 9.17) is 14.8 Å². The Hall–Kier alpha value is -2.18. The number of aromatic nitrogens is 1. The molecule has 0 saturated heterocycles. The Morgan fingerprint density at radius 1 is 1.24 bits per heavy atom. The fourth-order valence-corrected chi connectivity index (χ4v) is 3.72. The molecule has 2 unspecified atom stereocenters. The molecular formula is C21H27Cl2N3O3. The van der Waals surface area contributed by atoms with Crippen LogP contribution < -0.4 is 15.0 Å². The highest BCUT2D eigenvalue weighted by Gasteiger charge is 2.39. The van der Waals surface area contributed by atoms with Crippen molar-refractivity contribution in [2.24, 2.45) is 5.92 Å². The lowest BCUT2D eigenvalue weighted by molar-refractivity contribution is -0.137. The summed E-state index contributed by atoms with van der Waals surface area (Å²) in [6.07, 6.45) is 1.99. The average molecular weight is 440 g/mol. The molecule has 0 radical (unpaired) electrons. The van der Waals surface area contributed by atoms with Crippen LogP contribution in [0.15, 0.2) is 36.4 Å². The summed E-state index contributed by atoms with van der Waals surface area (Å²) in [6, 6.07) is 12.2. The van der Waals surface area contributed by atoms with Gasteiger partial charge in [0.25, 0.3) is 0 Å². The second-order valence-corrected chi connectivity index (χ2v) is 7.39. The number of benzene rings is 1. The van der Waals surface area contributed by atoms with E-state index in [9.17, 15) is 4.79 Å². The monoisotopic (exact) mass is 439 g/mol. The first kappa shape index (κ1) is 23.1. The van der Waals surface area contributed by atoms with Gasteiger partial charge in [-0.05, 0) is 48.1 Å². The number of aliphatic carboxylic acids is 1. The number of carboxylic acid groups (broad SMARTS) is 1. The van der Waals surface area contributed by atoms with Crippen LogP contribution in [0, 0.1) is 5.92 Å². The van der Waals surface area contributed by atoms with E-state index in [0.29, 0.717) is 12.5 Å². The molecule has 2 aromatic rings. The van der Waals surface area contributed by atoms with Crippen molar-refractivity contribution in [1.82, 2.24) is 4.98 Å².